The molecule has 256 valence electrons. The van der Waals surface area contributed by atoms with E-state index in [0.717, 1.165) is 40.4 Å². The molecular weight excluding hydrogens is 629 g/mol. The number of rotatable bonds is 10. The Morgan fingerprint density at radius 2 is 0.904 bits per heavy atom. The van der Waals surface area contributed by atoms with Crippen molar-refractivity contribution in [1.82, 2.24) is 0 Å². The van der Waals surface area contributed by atoms with E-state index in [1.54, 1.807) is 0 Å². The highest BCUT2D eigenvalue weighted by Gasteiger charge is 2.43. The van der Waals surface area contributed by atoms with Gasteiger partial charge in [0.15, 0.2) is 0 Å². The van der Waals surface area contributed by atoms with Gasteiger partial charge in [0.25, 0.3) is 0 Å². The number of aryl methyl sites for hydroxylation is 4. The summed E-state index contributed by atoms with van der Waals surface area (Å²) in [7, 11) is 0. The average Bonchev–Trinajstić information content (AvgIpc) is 3.18. The molecule has 1 atom stereocenters. The predicted molar refractivity (Wildman–Crippen MR) is 223 cm³/mol. The molecule has 1 unspecified atom stereocenters. The number of hydrogen-bond acceptors (Lipinski definition) is 2. The van der Waals surface area contributed by atoms with E-state index in [9.17, 15) is 0 Å². The molecule has 0 bridgehead atoms. The fourth-order valence-corrected chi connectivity index (χ4v) is 6.90. The highest BCUT2D eigenvalue weighted by molar-refractivity contribution is 5.81. The average molecular weight is 675 g/mol. The van der Waals surface area contributed by atoms with Crippen LogP contribution in [0, 0.1) is 27.7 Å². The van der Waals surface area contributed by atoms with Gasteiger partial charge in [-0.05, 0) is 105 Å². The first-order valence-electron chi connectivity index (χ1n) is 18.1. The lowest BCUT2D eigenvalue weighted by Gasteiger charge is -2.49. The van der Waals surface area contributed by atoms with Gasteiger partial charge in [0, 0.05) is 22.7 Å². The second-order valence-corrected chi connectivity index (χ2v) is 13.9. The van der Waals surface area contributed by atoms with Crippen LogP contribution < -0.4 is 9.80 Å². The van der Waals surface area contributed by atoms with Crippen LogP contribution in [0.25, 0.3) is 12.2 Å². The quantitative estimate of drug-likeness (QED) is 0.143. The van der Waals surface area contributed by atoms with Gasteiger partial charge in [-0.3, -0.25) is 0 Å². The van der Waals surface area contributed by atoms with E-state index in [-0.39, 0.29) is 0 Å². The molecule has 6 aromatic carbocycles. The summed E-state index contributed by atoms with van der Waals surface area (Å²) < 4.78 is 0. The minimum absolute atomic E-state index is 0.653. The Bertz CT molecular complexity index is 2110. The molecule has 1 aliphatic carbocycles. The van der Waals surface area contributed by atoms with Crippen LogP contribution in [0.4, 0.5) is 22.7 Å². The SMILES string of the molecule is Cc1ccc(N(C(=Cc2ccccc2)C2(N(c3ccc(C)cc3)c3ccc(C)cc3)C=CC(C=Cc3ccccc3)=CC2)c2ccc(C)cc2)cc1. The molecule has 0 saturated carbocycles. The van der Waals surface area contributed by atoms with Crippen LogP contribution in [-0.4, -0.2) is 5.54 Å². The van der Waals surface area contributed by atoms with E-state index >= 15 is 0 Å². The van der Waals surface area contributed by atoms with Crippen LogP contribution in [0.15, 0.2) is 193 Å². The van der Waals surface area contributed by atoms with E-state index < -0.39 is 5.54 Å². The zero-order valence-electron chi connectivity index (χ0n) is 30.6. The third kappa shape index (κ3) is 7.62. The van der Waals surface area contributed by atoms with Crippen molar-refractivity contribution in [1.29, 1.82) is 0 Å². The van der Waals surface area contributed by atoms with Gasteiger partial charge in [0.2, 0.25) is 0 Å². The van der Waals surface area contributed by atoms with Crippen molar-refractivity contribution in [3.63, 3.8) is 0 Å². The Hall–Kier alpha value is -6.12. The van der Waals surface area contributed by atoms with Crippen molar-refractivity contribution in [2.45, 2.75) is 39.7 Å². The van der Waals surface area contributed by atoms with Gasteiger partial charge in [0.1, 0.15) is 5.54 Å². The molecule has 52 heavy (non-hydrogen) atoms. The van der Waals surface area contributed by atoms with Gasteiger partial charge in [-0.25, -0.2) is 0 Å². The second kappa shape index (κ2) is 15.4. The molecule has 0 amide bonds. The first kappa shape index (κ1) is 34.3. The van der Waals surface area contributed by atoms with Gasteiger partial charge in [-0.1, -0.05) is 162 Å². The van der Waals surface area contributed by atoms with E-state index in [4.69, 9.17) is 0 Å². The first-order chi connectivity index (χ1) is 25.4. The van der Waals surface area contributed by atoms with Crippen LogP contribution in [0.3, 0.4) is 0 Å². The van der Waals surface area contributed by atoms with E-state index in [2.05, 4.69) is 232 Å². The molecule has 0 saturated heterocycles. The summed E-state index contributed by atoms with van der Waals surface area (Å²) in [5.74, 6) is 0. The Labute approximate surface area is 310 Å². The van der Waals surface area contributed by atoms with E-state index in [1.165, 1.54) is 33.4 Å². The zero-order chi connectivity index (χ0) is 35.9. The van der Waals surface area contributed by atoms with E-state index in [0.29, 0.717) is 0 Å². The molecule has 1 aliphatic rings. The molecule has 0 radical (unpaired) electrons. The fraction of sp³-hybridized carbons (Fsp3) is 0.120. The molecule has 2 heteroatoms. The van der Waals surface area contributed by atoms with Crippen molar-refractivity contribution in [3.8, 4) is 0 Å². The molecule has 0 heterocycles. The van der Waals surface area contributed by atoms with Crippen LogP contribution >= 0.6 is 0 Å². The van der Waals surface area contributed by atoms with Gasteiger partial charge in [0.05, 0.1) is 5.70 Å². The smallest absolute Gasteiger partial charge is 0.108 e. The van der Waals surface area contributed by atoms with Crippen molar-refractivity contribution < 1.29 is 0 Å². The maximum atomic E-state index is 2.54. The van der Waals surface area contributed by atoms with Gasteiger partial charge >= 0.3 is 0 Å². The molecule has 7 rings (SSSR count). The van der Waals surface area contributed by atoms with Crippen molar-refractivity contribution >= 4 is 34.9 Å². The summed E-state index contributed by atoms with van der Waals surface area (Å²) in [6.45, 7) is 8.61. The standard InChI is InChI=1S/C50H46N2/c1-38-15-25-45(26-16-38)51(46-27-17-39(2)18-28-46)49(37-44-13-9-6-10-14-44)50(35-33-43(34-36-50)24-23-42-11-7-5-8-12-42)52(47-29-19-40(3)20-30-47)48-31-21-41(4)22-32-48/h5-35,37H,36H2,1-4H3. The third-order valence-electron chi connectivity index (χ3n) is 9.82. The number of allylic oxidation sites excluding steroid dienone is 3. The minimum atomic E-state index is -0.653. The molecule has 0 aliphatic heterocycles. The fourth-order valence-electron chi connectivity index (χ4n) is 6.90. The molecular formula is C50H46N2. The van der Waals surface area contributed by atoms with Crippen LogP contribution in [-0.2, 0) is 0 Å². The third-order valence-corrected chi connectivity index (χ3v) is 9.82. The Morgan fingerprint density at radius 3 is 1.33 bits per heavy atom. The van der Waals surface area contributed by atoms with Crippen molar-refractivity contribution in [3.05, 3.63) is 227 Å². The van der Waals surface area contributed by atoms with Crippen molar-refractivity contribution in [2.24, 2.45) is 0 Å². The van der Waals surface area contributed by atoms with Crippen LogP contribution in [0.2, 0.25) is 0 Å². The predicted octanol–water partition coefficient (Wildman–Crippen LogP) is 13.3. The first-order valence-corrected chi connectivity index (χ1v) is 18.1. The van der Waals surface area contributed by atoms with Crippen LogP contribution in [0.5, 0.6) is 0 Å². The Morgan fingerprint density at radius 1 is 0.481 bits per heavy atom. The minimum Gasteiger partial charge on any atom is -0.326 e. The maximum Gasteiger partial charge on any atom is 0.108 e. The summed E-state index contributed by atoms with van der Waals surface area (Å²) in [5.41, 5.74) is 13.4. The summed E-state index contributed by atoms with van der Waals surface area (Å²) in [5, 5.41) is 0. The number of hydrogen-bond donors (Lipinski definition) is 0. The monoisotopic (exact) mass is 674 g/mol. The molecule has 0 N–H and O–H groups in total. The van der Waals surface area contributed by atoms with Crippen molar-refractivity contribution in [2.75, 3.05) is 9.80 Å². The van der Waals surface area contributed by atoms with Gasteiger partial charge < -0.3 is 9.80 Å². The lowest BCUT2D eigenvalue weighted by Crippen LogP contribution is -2.51. The number of anilines is 4. The lowest BCUT2D eigenvalue weighted by atomic mass is 9.80. The van der Waals surface area contributed by atoms with Gasteiger partial charge in [-0.15, -0.1) is 0 Å². The topological polar surface area (TPSA) is 6.48 Å². The largest absolute Gasteiger partial charge is 0.326 e. The Kier molecular flexibility index (Phi) is 10.2. The maximum absolute atomic E-state index is 2.54. The van der Waals surface area contributed by atoms with E-state index in [1.807, 2.05) is 0 Å². The summed E-state index contributed by atoms with van der Waals surface area (Å²) in [6.07, 6.45) is 14.7. The van der Waals surface area contributed by atoms with Crippen LogP contribution in [0.1, 0.15) is 39.8 Å². The second-order valence-electron chi connectivity index (χ2n) is 13.9. The summed E-state index contributed by atoms with van der Waals surface area (Å²) in [4.78, 5) is 5.00. The molecule has 0 spiro atoms. The normalized spacial score (nSPS) is 15.8. The number of benzene rings is 6. The zero-order valence-corrected chi connectivity index (χ0v) is 30.6. The molecule has 6 aromatic rings. The molecule has 2 nitrogen and oxygen atoms in total. The lowest BCUT2D eigenvalue weighted by molar-refractivity contribution is 0.589. The summed E-state index contributed by atoms with van der Waals surface area (Å²) >= 11 is 0. The molecule has 0 fully saturated rings. The Balaban J connectivity index is 1.52. The highest BCUT2D eigenvalue weighted by Crippen LogP contribution is 2.48. The summed E-state index contributed by atoms with van der Waals surface area (Å²) in [6, 6.07) is 57.1. The van der Waals surface area contributed by atoms with Gasteiger partial charge in [-0.2, -0.15) is 0 Å². The highest BCUT2D eigenvalue weighted by atomic mass is 15.3. The number of nitrogens with zero attached hydrogens (tertiary/aromatic N) is 2. The molecule has 0 aromatic heterocycles.